The van der Waals surface area contributed by atoms with E-state index < -0.39 is 33.0 Å². The first-order valence-electron chi connectivity index (χ1n) is 3.89. The van der Waals surface area contributed by atoms with E-state index in [0.717, 1.165) is 0 Å². The molecule has 0 heterocycles. The van der Waals surface area contributed by atoms with Gasteiger partial charge < -0.3 is 14.3 Å². The smallest absolute Gasteiger partial charge is 0.443 e. The summed E-state index contributed by atoms with van der Waals surface area (Å²) in [4.78, 5) is 25.8. The van der Waals surface area contributed by atoms with Crippen molar-refractivity contribution in [2.24, 2.45) is 0 Å². The van der Waals surface area contributed by atoms with E-state index in [0.29, 0.717) is 0 Å². The molecule has 0 aliphatic rings. The Morgan fingerprint density at radius 1 is 0.889 bits per heavy atom. The second kappa shape index (κ2) is 7.77. The van der Waals surface area contributed by atoms with E-state index in [2.05, 4.69) is 14.3 Å². The van der Waals surface area contributed by atoms with Gasteiger partial charge in [0.25, 0.3) is 0 Å². The van der Waals surface area contributed by atoms with Gasteiger partial charge in [-0.2, -0.15) is 0 Å². The molecule has 0 aliphatic carbocycles. The molecule has 12 heteroatoms. The number of ether oxygens (including phenoxy) is 2. The molecule has 0 aromatic rings. The predicted molar refractivity (Wildman–Crippen MR) is 67.5 cm³/mol. The highest BCUT2D eigenvalue weighted by Gasteiger charge is 2.24. The highest BCUT2D eigenvalue weighted by molar-refractivity contribution is 6.68. The second-order valence-electron chi connectivity index (χ2n) is 2.55. The monoisotopic (exact) mass is 381 g/mol. The minimum absolute atomic E-state index is 0.546. The van der Waals surface area contributed by atoms with E-state index in [4.69, 9.17) is 69.6 Å². The zero-order valence-electron chi connectivity index (χ0n) is 8.22. The Balaban J connectivity index is 3.76. The molecule has 0 radical (unpaired) electrons. The van der Waals surface area contributed by atoms with Crippen LogP contribution in [0.5, 0.6) is 0 Å². The molecule has 106 valence electrons. The van der Waals surface area contributed by atoms with Crippen molar-refractivity contribution in [3.05, 3.63) is 0 Å². The second-order valence-corrected chi connectivity index (χ2v) is 7.58. The molecule has 0 aromatic heterocycles. The first kappa shape index (κ1) is 18.3. The van der Waals surface area contributed by atoms with Crippen LogP contribution in [0.2, 0.25) is 0 Å². The zero-order valence-corrected chi connectivity index (χ0v) is 12.8. The van der Waals surface area contributed by atoms with Crippen molar-refractivity contribution in [1.82, 2.24) is 5.48 Å². The Morgan fingerprint density at radius 2 is 1.33 bits per heavy atom. The van der Waals surface area contributed by atoms with E-state index in [9.17, 15) is 9.59 Å². The lowest BCUT2D eigenvalue weighted by Gasteiger charge is -2.12. The molecule has 6 nitrogen and oxygen atoms in total. The van der Waals surface area contributed by atoms with Crippen molar-refractivity contribution in [1.29, 1.82) is 0 Å². The molecule has 0 aromatic carbocycles. The Morgan fingerprint density at radius 3 is 1.78 bits per heavy atom. The lowest BCUT2D eigenvalue weighted by atomic mass is 10.8. The summed E-state index contributed by atoms with van der Waals surface area (Å²) in [5.74, 6) is 0. The minimum Gasteiger partial charge on any atom is -0.443 e. The summed E-state index contributed by atoms with van der Waals surface area (Å²) in [5, 5.41) is 0. The molecule has 0 bridgehead atoms. The number of amides is 1. The van der Waals surface area contributed by atoms with Crippen molar-refractivity contribution < 1.29 is 23.9 Å². The average molecular weight is 384 g/mol. The average Bonchev–Trinajstić information content (AvgIpc) is 2.18. The Labute approximate surface area is 132 Å². The summed E-state index contributed by atoms with van der Waals surface area (Å²) < 4.78 is 5.06. The first-order chi connectivity index (χ1) is 7.99. The van der Waals surface area contributed by atoms with Gasteiger partial charge in [-0.15, -0.1) is 5.48 Å². The largest absolute Gasteiger partial charge is 0.533 e. The van der Waals surface area contributed by atoms with Gasteiger partial charge in [-0.1, -0.05) is 69.6 Å². The number of carbonyl (C=O) groups is 2. The van der Waals surface area contributed by atoms with Crippen LogP contribution in [0, 0.1) is 0 Å². The van der Waals surface area contributed by atoms with Gasteiger partial charge in [0.15, 0.2) is 0 Å². The summed E-state index contributed by atoms with van der Waals surface area (Å²) >= 11 is 31.7. The van der Waals surface area contributed by atoms with Crippen LogP contribution in [0.25, 0.3) is 0 Å². The van der Waals surface area contributed by atoms with Crippen LogP contribution in [0.15, 0.2) is 0 Å². The van der Waals surface area contributed by atoms with Crippen LogP contribution in [-0.2, 0) is 14.3 Å². The standard InChI is InChI=1S/C6H5Cl6NO5/c7-5(8,9)1-16-3(14)13-18-4(15)17-2-6(10,11)12/h1-2H2,(H,13,14). The predicted octanol–water partition coefficient (Wildman–Crippen LogP) is 3.52. The van der Waals surface area contributed by atoms with E-state index in [1.54, 1.807) is 5.48 Å². The summed E-state index contributed by atoms with van der Waals surface area (Å²) in [6.45, 7) is -1.11. The van der Waals surface area contributed by atoms with Crippen LogP contribution in [0.3, 0.4) is 0 Å². The van der Waals surface area contributed by atoms with E-state index >= 15 is 0 Å². The van der Waals surface area contributed by atoms with Gasteiger partial charge in [0, 0.05) is 0 Å². The fraction of sp³-hybridized carbons (Fsp3) is 0.667. The van der Waals surface area contributed by atoms with E-state index in [1.807, 2.05) is 0 Å². The Kier molecular flexibility index (Phi) is 7.89. The number of hydrogen-bond donors (Lipinski definition) is 1. The van der Waals surface area contributed by atoms with Crippen molar-refractivity contribution in [2.45, 2.75) is 7.59 Å². The molecular weight excluding hydrogens is 379 g/mol. The van der Waals surface area contributed by atoms with Crippen LogP contribution in [-0.4, -0.2) is 33.0 Å². The van der Waals surface area contributed by atoms with Crippen LogP contribution < -0.4 is 5.48 Å². The minimum atomic E-state index is -1.80. The van der Waals surface area contributed by atoms with Crippen molar-refractivity contribution >= 4 is 81.9 Å². The number of rotatable bonds is 2. The molecular formula is C6H5Cl6NO5. The van der Waals surface area contributed by atoms with Crippen molar-refractivity contribution in [2.75, 3.05) is 13.2 Å². The van der Waals surface area contributed by atoms with Gasteiger partial charge in [0.1, 0.15) is 13.2 Å². The quantitative estimate of drug-likeness (QED) is 0.448. The summed E-state index contributed by atoms with van der Waals surface area (Å²) in [7, 11) is 0. The van der Waals surface area contributed by atoms with Gasteiger partial charge in [-0.25, -0.2) is 9.59 Å². The summed E-state index contributed by atoms with van der Waals surface area (Å²) in [5.41, 5.74) is 1.55. The fourth-order valence-electron chi connectivity index (χ4n) is 0.430. The Bertz CT molecular complexity index is 270. The maximum absolute atomic E-state index is 10.9. The van der Waals surface area contributed by atoms with Crippen molar-refractivity contribution in [3.63, 3.8) is 0 Å². The number of hydroxylamine groups is 1. The molecule has 0 unspecified atom stereocenters. The first-order valence-corrected chi connectivity index (χ1v) is 6.16. The normalized spacial score (nSPS) is 11.7. The lowest BCUT2D eigenvalue weighted by Crippen LogP contribution is -2.31. The fourth-order valence-corrected chi connectivity index (χ4v) is 0.758. The highest BCUT2D eigenvalue weighted by Crippen LogP contribution is 2.26. The molecule has 1 amide bonds. The van der Waals surface area contributed by atoms with Crippen LogP contribution >= 0.6 is 69.6 Å². The molecule has 0 spiro atoms. The summed E-state index contributed by atoms with van der Waals surface area (Å²) in [6, 6.07) is 0. The maximum Gasteiger partial charge on any atom is 0.533 e. The highest BCUT2D eigenvalue weighted by atomic mass is 35.6. The van der Waals surface area contributed by atoms with Crippen LogP contribution in [0.4, 0.5) is 9.59 Å². The van der Waals surface area contributed by atoms with Crippen LogP contribution in [0.1, 0.15) is 0 Å². The van der Waals surface area contributed by atoms with Gasteiger partial charge in [0.2, 0.25) is 7.59 Å². The number of hydrogen-bond acceptors (Lipinski definition) is 5. The summed E-state index contributed by atoms with van der Waals surface area (Å²) in [6.07, 6.45) is -2.49. The third-order valence-corrected chi connectivity index (χ3v) is 1.59. The lowest BCUT2D eigenvalue weighted by molar-refractivity contribution is 0.0132. The molecule has 0 atom stereocenters. The number of halogens is 6. The number of alkyl halides is 6. The Hall–Kier alpha value is 0.280. The number of carbonyl (C=O) groups excluding carboxylic acids is 2. The molecule has 18 heavy (non-hydrogen) atoms. The molecule has 0 fully saturated rings. The van der Waals surface area contributed by atoms with Gasteiger partial charge in [0.05, 0.1) is 0 Å². The molecule has 0 rings (SSSR count). The topological polar surface area (TPSA) is 73.9 Å². The molecule has 0 saturated carbocycles. The number of nitrogens with one attached hydrogen (secondary N) is 1. The maximum atomic E-state index is 10.9. The van der Waals surface area contributed by atoms with E-state index in [-0.39, 0.29) is 0 Å². The van der Waals surface area contributed by atoms with Gasteiger partial charge in [-0.05, 0) is 0 Å². The third kappa shape index (κ3) is 12.7. The zero-order chi connectivity index (χ0) is 14.4. The van der Waals surface area contributed by atoms with Crippen molar-refractivity contribution in [3.8, 4) is 0 Å². The molecule has 1 N–H and O–H groups in total. The third-order valence-electron chi connectivity index (χ3n) is 0.938. The molecule has 0 saturated heterocycles. The molecule has 0 aliphatic heterocycles. The van der Waals surface area contributed by atoms with Gasteiger partial charge >= 0.3 is 12.2 Å². The van der Waals surface area contributed by atoms with Gasteiger partial charge in [-0.3, -0.25) is 0 Å². The van der Waals surface area contributed by atoms with E-state index in [1.165, 1.54) is 0 Å². The SMILES string of the molecule is O=C(NOC(=O)OCC(Cl)(Cl)Cl)OCC(Cl)(Cl)Cl.